The van der Waals surface area contributed by atoms with Crippen molar-refractivity contribution in [1.82, 2.24) is 9.66 Å². The Morgan fingerprint density at radius 2 is 1.05 bits per heavy atom. The Hall–Kier alpha value is -3.42. The van der Waals surface area contributed by atoms with E-state index in [1.165, 1.54) is 12.1 Å². The minimum absolute atomic E-state index is 0.0863. The molecule has 37 heavy (non-hydrogen) atoms. The topological polar surface area (TPSA) is 154 Å². The zero-order valence-corrected chi connectivity index (χ0v) is 20.9. The molecule has 0 radical (unpaired) electrons. The van der Waals surface area contributed by atoms with Crippen LogP contribution in [0.4, 0.5) is 0 Å². The molecule has 0 fully saturated rings. The molecule has 0 amide bonds. The van der Waals surface area contributed by atoms with Crippen molar-refractivity contribution in [2.24, 2.45) is 11.7 Å². The summed E-state index contributed by atoms with van der Waals surface area (Å²) in [7, 11) is -7.75. The molecule has 0 aromatic heterocycles. The summed E-state index contributed by atoms with van der Waals surface area (Å²) < 4.78 is 56.7. The van der Waals surface area contributed by atoms with Crippen molar-refractivity contribution in [2.75, 3.05) is 0 Å². The van der Waals surface area contributed by atoms with Crippen molar-refractivity contribution < 1.29 is 21.6 Å². The lowest BCUT2D eigenvalue weighted by Gasteiger charge is -2.29. The Morgan fingerprint density at radius 1 is 0.622 bits per heavy atom. The number of hydrogen-bond acceptors (Lipinski definition) is 7. The lowest BCUT2D eigenvalue weighted by atomic mass is 9.89. The number of nitrogens with one attached hydrogen (secondary N) is 2. The highest BCUT2D eigenvalue weighted by molar-refractivity contribution is 7.89. The number of hydrazine groups is 2. The van der Waals surface area contributed by atoms with Gasteiger partial charge in [-0.1, -0.05) is 72.8 Å². The van der Waals surface area contributed by atoms with E-state index in [9.17, 15) is 16.8 Å². The summed E-state index contributed by atoms with van der Waals surface area (Å²) in [5, 5.41) is 3.29. The first kappa shape index (κ1) is 23.9. The Morgan fingerprint density at radius 3 is 1.46 bits per heavy atom. The number of hydrogen-bond donors (Lipinski definition) is 4. The van der Waals surface area contributed by atoms with Gasteiger partial charge in [-0.25, -0.2) is 16.8 Å². The van der Waals surface area contributed by atoms with Crippen LogP contribution in [-0.4, -0.2) is 16.8 Å². The standard InChI is InChI=1S/C26H22N4O5S2/c27-29-36(31,32)23-13-7-15-3-1-5-17-21(11-9-19(23)25(15)17)35-22-12-10-20-24(37(33,34)30-28)14-8-16-4-2-6-18(22)26(16)20/h1-14,21-22,29-30H,27-28H2. The molecule has 0 saturated carbocycles. The van der Waals surface area contributed by atoms with E-state index < -0.39 is 32.3 Å². The summed E-state index contributed by atoms with van der Waals surface area (Å²) in [6, 6.07) is 18.0. The van der Waals surface area contributed by atoms with E-state index in [4.69, 9.17) is 16.4 Å². The smallest absolute Gasteiger partial charge is 0.253 e. The van der Waals surface area contributed by atoms with E-state index in [0.29, 0.717) is 11.1 Å². The molecule has 0 spiro atoms. The summed E-state index contributed by atoms with van der Waals surface area (Å²) in [5.74, 6) is 10.6. The first-order valence-electron chi connectivity index (χ1n) is 11.3. The van der Waals surface area contributed by atoms with Crippen molar-refractivity contribution >= 4 is 53.7 Å². The SMILES string of the molecule is NNS(=O)(=O)c1ccc2cccc3c2c1C=CC3OC1C=Cc2c(S(=O)(=O)NN)ccc3cccc1c23. The third kappa shape index (κ3) is 3.71. The zero-order chi connectivity index (χ0) is 25.9. The Balaban J connectivity index is 1.46. The third-order valence-corrected chi connectivity index (χ3v) is 9.32. The lowest BCUT2D eigenvalue weighted by Crippen LogP contribution is -2.31. The molecular weight excluding hydrogens is 512 g/mol. The van der Waals surface area contributed by atoms with E-state index in [2.05, 4.69) is 0 Å². The van der Waals surface area contributed by atoms with Gasteiger partial charge in [0.1, 0.15) is 12.2 Å². The van der Waals surface area contributed by atoms with Crippen molar-refractivity contribution in [1.29, 1.82) is 0 Å². The number of nitrogens with two attached hydrogens (primary N) is 2. The van der Waals surface area contributed by atoms with Gasteiger partial charge in [-0.3, -0.25) is 11.7 Å². The molecule has 2 aliphatic rings. The van der Waals surface area contributed by atoms with Gasteiger partial charge in [-0.05, 0) is 44.8 Å². The minimum Gasteiger partial charge on any atom is -0.357 e. The molecule has 2 unspecified atom stereocenters. The second-order valence-electron chi connectivity index (χ2n) is 8.78. The molecule has 11 heteroatoms. The maximum absolute atomic E-state index is 12.5. The fraction of sp³-hybridized carbons (Fsp3) is 0.0769. The molecule has 2 atom stereocenters. The van der Waals surface area contributed by atoms with Gasteiger partial charge in [-0.15, -0.1) is 0 Å². The molecule has 2 aliphatic carbocycles. The van der Waals surface area contributed by atoms with E-state index in [-0.39, 0.29) is 9.79 Å². The summed E-state index contributed by atoms with van der Waals surface area (Å²) in [5.41, 5.74) is 2.72. The molecule has 6 rings (SSSR count). The first-order chi connectivity index (χ1) is 17.7. The van der Waals surface area contributed by atoms with E-state index in [1.54, 1.807) is 24.3 Å². The van der Waals surface area contributed by atoms with Crippen molar-refractivity contribution in [3.63, 3.8) is 0 Å². The summed E-state index contributed by atoms with van der Waals surface area (Å²) in [6.07, 6.45) is 6.14. The fourth-order valence-corrected chi connectivity index (χ4v) is 6.87. The van der Waals surface area contributed by atoms with E-state index >= 15 is 0 Å². The molecule has 0 aliphatic heterocycles. The molecular formula is C26H22N4O5S2. The minimum atomic E-state index is -3.88. The maximum Gasteiger partial charge on any atom is 0.253 e. The van der Waals surface area contributed by atoms with Crippen LogP contribution in [0.25, 0.3) is 33.7 Å². The van der Waals surface area contributed by atoms with E-state index in [0.717, 1.165) is 32.7 Å². The molecule has 0 saturated heterocycles. The molecule has 6 N–H and O–H groups in total. The average Bonchev–Trinajstić information content (AvgIpc) is 2.91. The van der Waals surface area contributed by atoms with Gasteiger partial charge < -0.3 is 4.74 Å². The Bertz CT molecular complexity index is 1750. The highest BCUT2D eigenvalue weighted by atomic mass is 32.2. The molecule has 9 nitrogen and oxygen atoms in total. The van der Waals surface area contributed by atoms with Gasteiger partial charge in [0, 0.05) is 11.1 Å². The zero-order valence-electron chi connectivity index (χ0n) is 19.3. The molecule has 4 aromatic rings. The number of benzene rings is 4. The number of rotatable bonds is 6. The van der Waals surface area contributed by atoms with Crippen molar-refractivity contribution in [3.8, 4) is 0 Å². The van der Waals surface area contributed by atoms with Gasteiger partial charge in [-0.2, -0.15) is 9.66 Å². The second-order valence-corrected chi connectivity index (χ2v) is 12.1. The Kier molecular flexibility index (Phi) is 5.55. The van der Waals surface area contributed by atoms with Gasteiger partial charge in [0.25, 0.3) is 20.0 Å². The quantitative estimate of drug-likeness (QED) is 0.219. The molecule has 188 valence electrons. The highest BCUT2D eigenvalue weighted by Gasteiger charge is 2.29. The first-order valence-corrected chi connectivity index (χ1v) is 14.3. The normalized spacial score (nSPS) is 18.5. The summed E-state index contributed by atoms with van der Waals surface area (Å²) in [6.45, 7) is 0. The molecule has 4 aromatic carbocycles. The van der Waals surface area contributed by atoms with Gasteiger partial charge in [0.05, 0.1) is 9.79 Å². The van der Waals surface area contributed by atoms with Gasteiger partial charge in [0.15, 0.2) is 0 Å². The summed E-state index contributed by atoms with van der Waals surface area (Å²) in [4.78, 5) is 3.97. The Labute approximate surface area is 213 Å². The summed E-state index contributed by atoms with van der Waals surface area (Å²) >= 11 is 0. The fourth-order valence-electron chi connectivity index (χ4n) is 5.20. The third-order valence-electron chi connectivity index (χ3n) is 6.83. The van der Waals surface area contributed by atoms with Crippen LogP contribution < -0.4 is 21.3 Å². The largest absolute Gasteiger partial charge is 0.357 e. The van der Waals surface area contributed by atoms with Crippen LogP contribution >= 0.6 is 0 Å². The van der Waals surface area contributed by atoms with Crippen LogP contribution in [-0.2, 0) is 24.8 Å². The van der Waals surface area contributed by atoms with Crippen LogP contribution in [0.1, 0.15) is 34.5 Å². The number of sulfonamides is 2. The second kappa shape index (κ2) is 8.57. The number of ether oxygens (including phenoxy) is 1. The van der Waals surface area contributed by atoms with Gasteiger partial charge in [0.2, 0.25) is 0 Å². The molecule has 0 bridgehead atoms. The van der Waals surface area contributed by atoms with Crippen LogP contribution in [0.2, 0.25) is 0 Å². The van der Waals surface area contributed by atoms with Gasteiger partial charge >= 0.3 is 0 Å². The van der Waals surface area contributed by atoms with Crippen LogP contribution in [0.5, 0.6) is 0 Å². The lowest BCUT2D eigenvalue weighted by molar-refractivity contribution is 0.0418. The van der Waals surface area contributed by atoms with Crippen LogP contribution in [0, 0.1) is 0 Å². The van der Waals surface area contributed by atoms with Crippen LogP contribution in [0.3, 0.4) is 0 Å². The predicted molar refractivity (Wildman–Crippen MR) is 142 cm³/mol. The van der Waals surface area contributed by atoms with Crippen molar-refractivity contribution in [3.05, 3.63) is 95.1 Å². The van der Waals surface area contributed by atoms with Crippen LogP contribution in [0.15, 0.2) is 82.6 Å². The van der Waals surface area contributed by atoms with Crippen molar-refractivity contribution in [2.45, 2.75) is 22.0 Å². The van der Waals surface area contributed by atoms with E-state index in [1.807, 2.05) is 58.2 Å². The monoisotopic (exact) mass is 534 g/mol. The molecule has 0 heterocycles. The predicted octanol–water partition coefficient (Wildman–Crippen LogP) is 3.15. The maximum atomic E-state index is 12.5. The average molecular weight is 535 g/mol. The highest BCUT2D eigenvalue weighted by Crippen LogP contribution is 2.44.